The Kier molecular flexibility index (Phi) is 5.27. The van der Waals surface area contributed by atoms with Crippen LogP contribution in [0.4, 0.5) is 0 Å². The molecule has 2 heterocycles. The Bertz CT molecular complexity index is 620. The highest BCUT2D eigenvalue weighted by molar-refractivity contribution is 5.87. The van der Waals surface area contributed by atoms with Crippen LogP contribution in [-0.4, -0.2) is 55.9 Å². The summed E-state index contributed by atoms with van der Waals surface area (Å²) >= 11 is 0. The van der Waals surface area contributed by atoms with E-state index in [1.807, 2.05) is 18.4 Å². The molecule has 0 aliphatic carbocycles. The molecule has 0 radical (unpaired) electrons. The van der Waals surface area contributed by atoms with Crippen LogP contribution in [0.3, 0.4) is 0 Å². The summed E-state index contributed by atoms with van der Waals surface area (Å²) in [7, 11) is 0. The van der Waals surface area contributed by atoms with E-state index in [2.05, 4.69) is 10.2 Å². The molecule has 0 saturated carbocycles. The van der Waals surface area contributed by atoms with Crippen LogP contribution >= 0.6 is 0 Å². The van der Waals surface area contributed by atoms with E-state index in [1.165, 1.54) is 4.90 Å². The van der Waals surface area contributed by atoms with Gasteiger partial charge in [0.15, 0.2) is 5.82 Å². The lowest BCUT2D eigenvalue weighted by molar-refractivity contribution is -0.169. The summed E-state index contributed by atoms with van der Waals surface area (Å²) in [6.45, 7) is 11.7. The summed E-state index contributed by atoms with van der Waals surface area (Å²) in [5.41, 5.74) is -0.625. The Morgan fingerprint density at radius 2 is 2.00 bits per heavy atom. The summed E-state index contributed by atoms with van der Waals surface area (Å²) < 4.78 is 12.7. The zero-order valence-corrected chi connectivity index (χ0v) is 15.2. The van der Waals surface area contributed by atoms with Gasteiger partial charge in [0.25, 0.3) is 5.91 Å². The minimum atomic E-state index is -0.721. The number of carbonyl (C=O) groups is 2. The second kappa shape index (κ2) is 6.88. The van der Waals surface area contributed by atoms with Crippen LogP contribution in [0.15, 0.2) is 0 Å². The quantitative estimate of drug-likeness (QED) is 0.763. The number of rotatable bonds is 4. The van der Waals surface area contributed by atoms with Gasteiger partial charge in [-0.3, -0.25) is 4.79 Å². The molecule has 8 nitrogen and oxygen atoms in total. The smallest absolute Gasteiger partial charge is 0.331 e. The Balaban J connectivity index is 2.30. The van der Waals surface area contributed by atoms with E-state index < -0.39 is 23.7 Å². The SMILES string of the molecule is CCO[C@@H](C)C(=O)N1Cc2nnc(C)n2C[C@H]1C(=O)OC(C)(C)C. The molecule has 24 heavy (non-hydrogen) atoms. The third-order valence-corrected chi connectivity index (χ3v) is 3.78. The van der Waals surface area contributed by atoms with Crippen LogP contribution in [0, 0.1) is 6.92 Å². The number of fused-ring (bicyclic) bond motifs is 1. The second-order valence-electron chi connectivity index (χ2n) is 6.89. The topological polar surface area (TPSA) is 86.5 Å². The number of aryl methyl sites for hydroxylation is 1. The maximum atomic E-state index is 12.7. The van der Waals surface area contributed by atoms with Gasteiger partial charge < -0.3 is 18.9 Å². The first-order valence-corrected chi connectivity index (χ1v) is 8.17. The number of amides is 1. The minimum Gasteiger partial charge on any atom is -0.458 e. The number of esters is 1. The molecule has 1 amide bonds. The molecule has 8 heteroatoms. The van der Waals surface area contributed by atoms with E-state index in [9.17, 15) is 9.59 Å². The number of nitrogens with zero attached hydrogens (tertiary/aromatic N) is 4. The van der Waals surface area contributed by atoms with E-state index in [1.54, 1.807) is 27.7 Å². The van der Waals surface area contributed by atoms with Crippen molar-refractivity contribution in [1.29, 1.82) is 0 Å². The standard InChI is InChI=1S/C16H26N4O4/c1-7-23-10(2)14(21)20-9-13-18-17-11(3)19(13)8-12(20)15(22)24-16(4,5)6/h10,12H,7-9H2,1-6H3/t10-,12-/m0/s1. The Labute approximate surface area is 142 Å². The first-order chi connectivity index (χ1) is 11.1. The van der Waals surface area contributed by atoms with E-state index in [0.29, 0.717) is 18.3 Å². The maximum absolute atomic E-state index is 12.7. The fraction of sp³-hybridized carbons (Fsp3) is 0.750. The number of hydrogen-bond donors (Lipinski definition) is 0. The molecule has 0 aromatic carbocycles. The molecule has 1 aliphatic heterocycles. The number of hydrogen-bond acceptors (Lipinski definition) is 6. The molecule has 0 saturated heterocycles. The predicted octanol–water partition coefficient (Wildman–Crippen LogP) is 1.06. The van der Waals surface area contributed by atoms with Gasteiger partial charge in [0, 0.05) is 6.61 Å². The first-order valence-electron chi connectivity index (χ1n) is 8.17. The molecule has 0 spiro atoms. The summed E-state index contributed by atoms with van der Waals surface area (Å²) in [6, 6.07) is -0.721. The van der Waals surface area contributed by atoms with Gasteiger partial charge in [-0.05, 0) is 41.5 Å². The van der Waals surface area contributed by atoms with Gasteiger partial charge in [-0.15, -0.1) is 10.2 Å². The predicted molar refractivity (Wildman–Crippen MR) is 86.0 cm³/mol. The van der Waals surface area contributed by atoms with E-state index >= 15 is 0 Å². The zero-order valence-electron chi connectivity index (χ0n) is 15.2. The van der Waals surface area contributed by atoms with Gasteiger partial charge in [0.2, 0.25) is 0 Å². The first kappa shape index (κ1) is 18.4. The molecule has 2 rings (SSSR count). The highest BCUT2D eigenvalue weighted by Crippen LogP contribution is 2.22. The number of carbonyl (C=O) groups excluding carboxylic acids is 2. The maximum Gasteiger partial charge on any atom is 0.331 e. The molecule has 0 fully saturated rings. The molecule has 0 N–H and O–H groups in total. The zero-order chi connectivity index (χ0) is 18.1. The molecular formula is C16H26N4O4. The van der Waals surface area contributed by atoms with Crippen LogP contribution in [-0.2, 0) is 32.2 Å². The summed E-state index contributed by atoms with van der Waals surface area (Å²) in [6.07, 6.45) is -0.629. The highest BCUT2D eigenvalue weighted by atomic mass is 16.6. The number of aromatic nitrogens is 3. The summed E-state index contributed by atoms with van der Waals surface area (Å²) in [4.78, 5) is 26.8. The number of ether oxygens (including phenoxy) is 2. The van der Waals surface area contributed by atoms with Gasteiger partial charge in [-0.25, -0.2) is 4.79 Å². The monoisotopic (exact) mass is 338 g/mol. The van der Waals surface area contributed by atoms with Crippen LogP contribution in [0.2, 0.25) is 0 Å². The van der Waals surface area contributed by atoms with E-state index in [4.69, 9.17) is 9.47 Å². The molecule has 0 unspecified atom stereocenters. The largest absolute Gasteiger partial charge is 0.458 e. The average Bonchev–Trinajstić information content (AvgIpc) is 2.84. The second-order valence-corrected chi connectivity index (χ2v) is 6.89. The van der Waals surface area contributed by atoms with Gasteiger partial charge in [0.1, 0.15) is 23.6 Å². The molecule has 1 aromatic rings. The summed E-state index contributed by atoms with van der Waals surface area (Å²) in [5.74, 6) is 0.686. The normalized spacial score (nSPS) is 18.9. The molecule has 1 aliphatic rings. The van der Waals surface area contributed by atoms with Crippen LogP contribution in [0.5, 0.6) is 0 Å². The average molecular weight is 338 g/mol. The Hall–Kier alpha value is -1.96. The molecule has 0 bridgehead atoms. The van der Waals surface area contributed by atoms with Crippen molar-refractivity contribution < 1.29 is 19.1 Å². The summed E-state index contributed by atoms with van der Waals surface area (Å²) in [5, 5.41) is 8.12. The van der Waals surface area contributed by atoms with Crippen molar-refractivity contribution in [1.82, 2.24) is 19.7 Å². The van der Waals surface area contributed by atoms with Crippen molar-refractivity contribution >= 4 is 11.9 Å². The van der Waals surface area contributed by atoms with Crippen LogP contribution < -0.4 is 0 Å². The lowest BCUT2D eigenvalue weighted by Gasteiger charge is -2.37. The fourth-order valence-electron chi connectivity index (χ4n) is 2.67. The third kappa shape index (κ3) is 3.92. The minimum absolute atomic E-state index is 0.209. The molecule has 1 aromatic heterocycles. The van der Waals surface area contributed by atoms with E-state index in [-0.39, 0.29) is 19.0 Å². The van der Waals surface area contributed by atoms with Gasteiger partial charge in [-0.1, -0.05) is 0 Å². The Morgan fingerprint density at radius 1 is 1.33 bits per heavy atom. The van der Waals surface area contributed by atoms with Crippen molar-refractivity contribution in [2.45, 2.75) is 72.4 Å². The lowest BCUT2D eigenvalue weighted by atomic mass is 10.1. The van der Waals surface area contributed by atoms with Gasteiger partial charge in [-0.2, -0.15) is 0 Å². The lowest BCUT2D eigenvalue weighted by Crippen LogP contribution is -2.54. The van der Waals surface area contributed by atoms with E-state index in [0.717, 1.165) is 0 Å². The highest BCUT2D eigenvalue weighted by Gasteiger charge is 2.40. The molecule has 134 valence electrons. The van der Waals surface area contributed by atoms with Crippen molar-refractivity contribution in [3.63, 3.8) is 0 Å². The Morgan fingerprint density at radius 3 is 2.58 bits per heavy atom. The van der Waals surface area contributed by atoms with Crippen molar-refractivity contribution in [3.05, 3.63) is 11.6 Å². The molecule has 2 atom stereocenters. The van der Waals surface area contributed by atoms with Crippen molar-refractivity contribution in [2.24, 2.45) is 0 Å². The van der Waals surface area contributed by atoms with Crippen LogP contribution in [0.1, 0.15) is 46.3 Å². The van der Waals surface area contributed by atoms with Gasteiger partial charge in [0.05, 0.1) is 13.1 Å². The van der Waals surface area contributed by atoms with Crippen molar-refractivity contribution in [3.8, 4) is 0 Å². The third-order valence-electron chi connectivity index (χ3n) is 3.78. The van der Waals surface area contributed by atoms with Gasteiger partial charge >= 0.3 is 5.97 Å². The van der Waals surface area contributed by atoms with Crippen molar-refractivity contribution in [2.75, 3.05) is 6.61 Å². The molecular weight excluding hydrogens is 312 g/mol. The fourth-order valence-corrected chi connectivity index (χ4v) is 2.67. The van der Waals surface area contributed by atoms with Crippen LogP contribution in [0.25, 0.3) is 0 Å².